The number of halogens is 1. The van der Waals surface area contributed by atoms with Crippen LogP contribution in [-0.2, 0) is 19.6 Å². The van der Waals surface area contributed by atoms with Gasteiger partial charge in [0.05, 0.1) is 12.2 Å². The first-order chi connectivity index (χ1) is 13.1. The average molecular weight is 366 g/mol. The molecule has 0 saturated carbocycles. The van der Waals surface area contributed by atoms with E-state index in [-0.39, 0.29) is 5.82 Å². The van der Waals surface area contributed by atoms with Gasteiger partial charge >= 0.3 is 0 Å². The molecule has 1 N–H and O–H groups in total. The minimum absolute atomic E-state index is 0.182. The number of benzene rings is 2. The van der Waals surface area contributed by atoms with Crippen LogP contribution >= 0.6 is 0 Å². The Morgan fingerprint density at radius 3 is 2.30 bits per heavy atom. The summed E-state index contributed by atoms with van der Waals surface area (Å²) in [6, 6.07) is 21.9. The molecule has 0 spiro atoms. The Morgan fingerprint density at radius 1 is 0.852 bits per heavy atom. The van der Waals surface area contributed by atoms with Crippen LogP contribution in [0.1, 0.15) is 37.1 Å². The van der Waals surface area contributed by atoms with Gasteiger partial charge in [0.25, 0.3) is 0 Å². The Balaban J connectivity index is 1.71. The molecule has 0 aliphatic rings. The maximum atomic E-state index is 13.2. The summed E-state index contributed by atoms with van der Waals surface area (Å²) in [5.41, 5.74) is 3.84. The third-order valence-electron chi connectivity index (χ3n) is 4.99. The van der Waals surface area contributed by atoms with Crippen LogP contribution in [0.4, 0.5) is 4.39 Å². The molecule has 1 unspecified atom stereocenters. The van der Waals surface area contributed by atoms with Crippen molar-refractivity contribution in [3.8, 4) is 0 Å². The number of nitrogens with one attached hydrogen (secondary N) is 1. The zero-order valence-electron chi connectivity index (χ0n) is 16.4. The monoisotopic (exact) mass is 365 g/mol. The fraction of sp³-hybridized carbons (Fsp3) is 0.333. The number of rotatable bonds is 9. The van der Waals surface area contributed by atoms with E-state index in [2.05, 4.69) is 67.1 Å². The summed E-state index contributed by atoms with van der Waals surface area (Å²) in [6.07, 6.45) is 3.35. The van der Waals surface area contributed by atoms with Gasteiger partial charge in [-0.1, -0.05) is 56.3 Å². The van der Waals surface area contributed by atoms with Crippen LogP contribution in [0.3, 0.4) is 0 Å². The molecule has 1 aromatic heterocycles. The third-order valence-corrected chi connectivity index (χ3v) is 4.99. The highest BCUT2D eigenvalue weighted by atomic mass is 19.1. The maximum Gasteiger partial charge on any atom is 0.123 e. The van der Waals surface area contributed by atoms with Crippen molar-refractivity contribution in [1.82, 2.24) is 4.57 Å². The van der Waals surface area contributed by atoms with Crippen molar-refractivity contribution < 1.29 is 9.29 Å². The van der Waals surface area contributed by atoms with Crippen LogP contribution in [-0.4, -0.2) is 11.1 Å². The molecule has 3 heteroatoms. The molecule has 0 saturated heterocycles. The van der Waals surface area contributed by atoms with Crippen LogP contribution < -0.4 is 4.90 Å². The molecule has 2 nitrogen and oxygen atoms in total. The van der Waals surface area contributed by atoms with Crippen LogP contribution in [0, 0.1) is 11.7 Å². The molecule has 3 rings (SSSR count). The van der Waals surface area contributed by atoms with E-state index < -0.39 is 0 Å². The first kappa shape index (κ1) is 19.4. The summed E-state index contributed by atoms with van der Waals surface area (Å²) in [4.78, 5) is 1.58. The lowest BCUT2D eigenvalue weighted by Crippen LogP contribution is -3.09. The van der Waals surface area contributed by atoms with Gasteiger partial charge in [-0.3, -0.25) is 0 Å². The maximum absolute atomic E-state index is 13.2. The highest BCUT2D eigenvalue weighted by Crippen LogP contribution is 2.09. The van der Waals surface area contributed by atoms with Gasteiger partial charge in [0.15, 0.2) is 0 Å². The molecule has 27 heavy (non-hydrogen) atoms. The van der Waals surface area contributed by atoms with Crippen LogP contribution in [0.25, 0.3) is 0 Å². The second-order valence-corrected chi connectivity index (χ2v) is 7.78. The summed E-state index contributed by atoms with van der Waals surface area (Å²) in [5, 5.41) is 0. The minimum Gasteiger partial charge on any atom is -0.342 e. The smallest absolute Gasteiger partial charge is 0.123 e. The van der Waals surface area contributed by atoms with E-state index >= 15 is 0 Å². The van der Waals surface area contributed by atoms with Gasteiger partial charge in [-0.2, -0.15) is 0 Å². The number of nitrogens with zero attached hydrogens (tertiary/aromatic N) is 1. The van der Waals surface area contributed by atoms with Crippen molar-refractivity contribution in [1.29, 1.82) is 0 Å². The van der Waals surface area contributed by atoms with Crippen molar-refractivity contribution in [2.24, 2.45) is 5.92 Å². The van der Waals surface area contributed by atoms with Crippen molar-refractivity contribution in [2.75, 3.05) is 6.54 Å². The van der Waals surface area contributed by atoms with E-state index in [1.807, 2.05) is 12.1 Å². The molecule has 1 heterocycles. The Hall–Kier alpha value is -2.39. The van der Waals surface area contributed by atoms with E-state index in [4.69, 9.17) is 0 Å². The fourth-order valence-corrected chi connectivity index (χ4v) is 3.42. The Bertz CT molecular complexity index is 806. The van der Waals surface area contributed by atoms with Gasteiger partial charge in [-0.05, 0) is 42.2 Å². The van der Waals surface area contributed by atoms with Crippen molar-refractivity contribution in [3.63, 3.8) is 0 Å². The first-order valence-electron chi connectivity index (χ1n) is 9.86. The van der Waals surface area contributed by atoms with E-state index in [0.717, 1.165) is 31.7 Å². The van der Waals surface area contributed by atoms with Gasteiger partial charge < -0.3 is 9.47 Å². The molecule has 0 aliphatic carbocycles. The lowest BCUT2D eigenvalue weighted by Gasteiger charge is -2.22. The van der Waals surface area contributed by atoms with E-state index in [1.54, 1.807) is 4.90 Å². The standard InChI is InChI=1S/C24H29FN2/c1-20(2)14-16-26(17-21-7-4-3-5-8-21)19-24-9-6-15-27(24)18-22-10-12-23(25)13-11-22/h3-13,15,20H,14,16-19H2,1-2H3/p+1. The molecule has 0 bridgehead atoms. The largest absolute Gasteiger partial charge is 0.342 e. The van der Waals surface area contributed by atoms with E-state index in [0.29, 0.717) is 5.92 Å². The summed E-state index contributed by atoms with van der Waals surface area (Å²) in [7, 11) is 0. The van der Waals surface area contributed by atoms with Crippen LogP contribution in [0.5, 0.6) is 0 Å². The van der Waals surface area contributed by atoms with Crippen molar-refractivity contribution in [2.45, 2.75) is 39.9 Å². The molecule has 1 atom stereocenters. The summed E-state index contributed by atoms with van der Waals surface area (Å²) >= 11 is 0. The first-order valence-corrected chi connectivity index (χ1v) is 9.86. The Kier molecular flexibility index (Phi) is 6.83. The molecular weight excluding hydrogens is 335 g/mol. The third kappa shape index (κ3) is 6.07. The summed E-state index contributed by atoms with van der Waals surface area (Å²) in [6.45, 7) is 8.56. The van der Waals surface area contributed by atoms with E-state index in [1.165, 1.54) is 29.8 Å². The SMILES string of the molecule is CC(C)CC[NH+](Cc1ccccc1)Cc1cccn1Cc1ccc(F)cc1. The molecule has 0 radical (unpaired) electrons. The molecular formula is C24H30FN2+. The number of hydrogen-bond acceptors (Lipinski definition) is 0. The highest BCUT2D eigenvalue weighted by molar-refractivity contribution is 5.18. The number of quaternary nitrogens is 1. The van der Waals surface area contributed by atoms with Gasteiger partial charge in [0, 0.05) is 18.3 Å². The second kappa shape index (κ2) is 9.52. The summed E-state index contributed by atoms with van der Waals surface area (Å²) < 4.78 is 15.4. The zero-order valence-corrected chi connectivity index (χ0v) is 16.4. The second-order valence-electron chi connectivity index (χ2n) is 7.78. The van der Waals surface area contributed by atoms with Gasteiger partial charge in [-0.15, -0.1) is 0 Å². The number of hydrogen-bond donors (Lipinski definition) is 1. The topological polar surface area (TPSA) is 9.37 Å². The predicted molar refractivity (Wildman–Crippen MR) is 109 cm³/mol. The number of aromatic nitrogens is 1. The highest BCUT2D eigenvalue weighted by Gasteiger charge is 2.14. The predicted octanol–water partition coefficient (Wildman–Crippen LogP) is 4.31. The molecule has 0 fully saturated rings. The molecule has 2 aromatic carbocycles. The zero-order chi connectivity index (χ0) is 19.1. The summed E-state index contributed by atoms with van der Waals surface area (Å²) in [5.74, 6) is 0.528. The Labute approximate surface area is 162 Å². The van der Waals surface area contributed by atoms with Crippen molar-refractivity contribution in [3.05, 3.63) is 95.6 Å². The quantitative estimate of drug-likeness (QED) is 0.579. The normalized spacial score (nSPS) is 12.4. The lowest BCUT2D eigenvalue weighted by molar-refractivity contribution is -0.928. The molecule has 0 aliphatic heterocycles. The fourth-order valence-electron chi connectivity index (χ4n) is 3.42. The lowest BCUT2D eigenvalue weighted by atomic mass is 10.1. The van der Waals surface area contributed by atoms with Crippen LogP contribution in [0.2, 0.25) is 0 Å². The Morgan fingerprint density at radius 2 is 1.59 bits per heavy atom. The molecule has 142 valence electrons. The molecule has 0 amide bonds. The molecule has 3 aromatic rings. The average Bonchev–Trinajstić information content (AvgIpc) is 3.09. The minimum atomic E-state index is -0.182. The van der Waals surface area contributed by atoms with Crippen LogP contribution in [0.15, 0.2) is 72.9 Å². The van der Waals surface area contributed by atoms with Crippen molar-refractivity contribution >= 4 is 0 Å². The van der Waals surface area contributed by atoms with Gasteiger partial charge in [-0.25, -0.2) is 4.39 Å². The van der Waals surface area contributed by atoms with Gasteiger partial charge in [0.1, 0.15) is 18.9 Å². The van der Waals surface area contributed by atoms with Gasteiger partial charge in [0.2, 0.25) is 0 Å². The van der Waals surface area contributed by atoms with E-state index in [9.17, 15) is 4.39 Å².